The Balaban J connectivity index is 1.51. The van der Waals surface area contributed by atoms with Crippen LogP contribution in [-0.4, -0.2) is 58.9 Å². The van der Waals surface area contributed by atoms with Gasteiger partial charge in [0.05, 0.1) is 22.7 Å². The van der Waals surface area contributed by atoms with Crippen LogP contribution in [0.5, 0.6) is 5.75 Å². The molecule has 0 unspecified atom stereocenters. The lowest BCUT2D eigenvalue weighted by Crippen LogP contribution is -2.51. The number of carbonyl (C=O) groups excluding carboxylic acids is 2. The molecule has 1 aromatic heterocycles. The van der Waals surface area contributed by atoms with Crippen molar-refractivity contribution < 1.29 is 14.3 Å². The van der Waals surface area contributed by atoms with Crippen molar-refractivity contribution in [1.29, 1.82) is 0 Å². The topological polar surface area (TPSA) is 65.6 Å². The van der Waals surface area contributed by atoms with Gasteiger partial charge in [-0.3, -0.25) is 9.59 Å². The zero-order valence-electron chi connectivity index (χ0n) is 20.5. The number of aromatic amines is 1. The summed E-state index contributed by atoms with van der Waals surface area (Å²) in [7, 11) is 1.87. The molecule has 0 spiro atoms. The Bertz CT molecular complexity index is 1190. The van der Waals surface area contributed by atoms with E-state index in [1.165, 1.54) is 0 Å². The van der Waals surface area contributed by atoms with Crippen molar-refractivity contribution in [2.45, 2.75) is 63.5 Å². The normalized spacial score (nSPS) is 22.1. The summed E-state index contributed by atoms with van der Waals surface area (Å²) < 4.78 is 6.60. The van der Waals surface area contributed by atoms with E-state index < -0.39 is 0 Å². The van der Waals surface area contributed by atoms with Crippen molar-refractivity contribution in [2.24, 2.45) is 0 Å². The van der Waals surface area contributed by atoms with Gasteiger partial charge in [0.2, 0.25) is 0 Å². The minimum atomic E-state index is -0.141. The van der Waals surface area contributed by atoms with Crippen LogP contribution < -0.4 is 4.74 Å². The van der Waals surface area contributed by atoms with Gasteiger partial charge >= 0.3 is 0 Å². The number of aromatic nitrogens is 1. The van der Waals surface area contributed by atoms with Crippen molar-refractivity contribution >= 4 is 22.7 Å². The van der Waals surface area contributed by atoms with Crippen molar-refractivity contribution in [1.82, 2.24) is 14.8 Å². The Hall–Kier alpha value is -3.28. The molecule has 0 saturated heterocycles. The maximum Gasteiger partial charge on any atom is 0.257 e. The Morgan fingerprint density at radius 2 is 1.71 bits per heavy atom. The maximum atomic E-state index is 14.0. The minimum Gasteiger partial charge on any atom is -0.487 e. The highest BCUT2D eigenvalue weighted by atomic mass is 16.5. The van der Waals surface area contributed by atoms with Crippen LogP contribution in [0.25, 0.3) is 10.9 Å². The van der Waals surface area contributed by atoms with E-state index in [2.05, 4.69) is 9.88 Å². The number of hydrogen-bond acceptors (Lipinski definition) is 3. The first-order chi connectivity index (χ1) is 17.1. The van der Waals surface area contributed by atoms with Gasteiger partial charge in [0, 0.05) is 31.7 Å². The molecule has 2 atom stereocenters. The summed E-state index contributed by atoms with van der Waals surface area (Å²) in [6, 6.07) is 15.5. The molecule has 1 aliphatic heterocycles. The molecule has 1 saturated carbocycles. The van der Waals surface area contributed by atoms with Gasteiger partial charge in [-0.15, -0.1) is 0 Å². The summed E-state index contributed by atoms with van der Waals surface area (Å²) >= 11 is 0. The number of ether oxygens (including phenoxy) is 1. The highest BCUT2D eigenvalue weighted by molar-refractivity contribution is 6.05. The predicted octanol–water partition coefficient (Wildman–Crippen LogP) is 5.65. The Morgan fingerprint density at radius 3 is 2.60 bits per heavy atom. The molecular formula is C29H35N3O3. The van der Waals surface area contributed by atoms with E-state index in [1.807, 2.05) is 61.8 Å². The fraction of sp³-hybridized carbons (Fsp3) is 0.448. The average Bonchev–Trinajstić information content (AvgIpc) is 3.37. The van der Waals surface area contributed by atoms with Crippen LogP contribution in [-0.2, 0) is 0 Å². The zero-order valence-corrected chi connectivity index (χ0v) is 20.5. The molecule has 0 radical (unpaired) electrons. The van der Waals surface area contributed by atoms with Crippen LogP contribution in [0.15, 0.2) is 54.7 Å². The van der Waals surface area contributed by atoms with E-state index >= 15 is 0 Å². The van der Waals surface area contributed by atoms with Gasteiger partial charge in [0.1, 0.15) is 11.9 Å². The molecule has 1 aliphatic carbocycles. The van der Waals surface area contributed by atoms with Gasteiger partial charge in [-0.05, 0) is 56.4 Å². The standard InChI is InChI=1S/C29H35N3O3/c1-31-19-8-2-3-9-20-32(29(34)23-13-10-11-21-17-18-30-27(21)23)24-14-5-7-16-26(24)35-25-15-6-4-12-22(25)28(31)33/h4,6,10-13,15,17-18,24,26,30H,2-3,5,7-9,14,16,19-20H2,1H3/t24-,26+/m1/s1. The van der Waals surface area contributed by atoms with Crippen molar-refractivity contribution in [2.75, 3.05) is 20.1 Å². The van der Waals surface area contributed by atoms with Gasteiger partial charge in [0.25, 0.3) is 11.8 Å². The first kappa shape index (κ1) is 23.5. The lowest BCUT2D eigenvalue weighted by Gasteiger charge is -2.40. The molecule has 2 aliphatic rings. The molecular weight excluding hydrogens is 438 g/mol. The first-order valence-corrected chi connectivity index (χ1v) is 13.0. The number of H-pyrrole nitrogens is 1. The number of rotatable bonds is 1. The van der Waals surface area contributed by atoms with Crippen LogP contribution in [0.3, 0.4) is 0 Å². The summed E-state index contributed by atoms with van der Waals surface area (Å²) in [5, 5.41) is 1.05. The molecule has 0 bridgehead atoms. The van der Waals surface area contributed by atoms with Crippen LogP contribution >= 0.6 is 0 Å². The van der Waals surface area contributed by atoms with E-state index in [9.17, 15) is 9.59 Å². The van der Waals surface area contributed by atoms with Gasteiger partial charge < -0.3 is 19.5 Å². The molecule has 2 amide bonds. The molecule has 1 fully saturated rings. The van der Waals surface area contributed by atoms with E-state index in [4.69, 9.17) is 4.74 Å². The number of amides is 2. The fourth-order valence-corrected chi connectivity index (χ4v) is 5.61. The monoisotopic (exact) mass is 473 g/mol. The molecule has 3 aromatic rings. The second-order valence-corrected chi connectivity index (χ2v) is 9.89. The SMILES string of the molecule is CN1CCCCCCN(C(=O)c2cccc3cc[nH]c23)[C@@H]2CCCC[C@@H]2Oc2ccccc2C1=O. The largest absolute Gasteiger partial charge is 0.487 e. The number of nitrogens with zero attached hydrogens (tertiary/aromatic N) is 2. The van der Waals surface area contributed by atoms with Crippen molar-refractivity contribution in [3.8, 4) is 5.75 Å². The molecule has 35 heavy (non-hydrogen) atoms. The van der Waals surface area contributed by atoms with Crippen molar-refractivity contribution in [3.63, 3.8) is 0 Å². The van der Waals surface area contributed by atoms with E-state index in [1.54, 1.807) is 4.90 Å². The number of para-hydroxylation sites is 2. The first-order valence-electron chi connectivity index (χ1n) is 13.0. The number of carbonyl (C=O) groups is 2. The molecule has 1 N–H and O–H groups in total. The molecule has 2 heterocycles. The molecule has 6 heteroatoms. The number of fused-ring (bicyclic) bond motifs is 3. The van der Waals surface area contributed by atoms with Gasteiger partial charge in [-0.25, -0.2) is 0 Å². The number of hydrogen-bond donors (Lipinski definition) is 1. The average molecular weight is 474 g/mol. The predicted molar refractivity (Wildman–Crippen MR) is 138 cm³/mol. The fourth-order valence-electron chi connectivity index (χ4n) is 5.61. The van der Waals surface area contributed by atoms with Gasteiger partial charge in [-0.1, -0.05) is 43.5 Å². The summed E-state index contributed by atoms with van der Waals surface area (Å²) in [6.07, 6.45) is 9.64. The lowest BCUT2D eigenvalue weighted by atomic mass is 9.90. The molecule has 6 nitrogen and oxygen atoms in total. The van der Waals surface area contributed by atoms with Crippen LogP contribution in [0, 0.1) is 0 Å². The smallest absolute Gasteiger partial charge is 0.257 e. The lowest BCUT2D eigenvalue weighted by molar-refractivity contribution is 0.0269. The molecule has 184 valence electrons. The third-order valence-corrected chi connectivity index (χ3v) is 7.53. The maximum absolute atomic E-state index is 14.0. The quantitative estimate of drug-likeness (QED) is 0.497. The van der Waals surface area contributed by atoms with Gasteiger partial charge in [-0.2, -0.15) is 0 Å². The summed E-state index contributed by atoms with van der Waals surface area (Å²) in [5.41, 5.74) is 2.21. The highest BCUT2D eigenvalue weighted by Crippen LogP contribution is 2.32. The molecule has 2 aromatic carbocycles. The second-order valence-electron chi connectivity index (χ2n) is 9.89. The summed E-state index contributed by atoms with van der Waals surface area (Å²) in [4.78, 5) is 34.4. The Labute approximate surface area is 207 Å². The van der Waals surface area contributed by atoms with Crippen molar-refractivity contribution in [3.05, 3.63) is 65.9 Å². The Kier molecular flexibility index (Phi) is 7.07. The van der Waals surface area contributed by atoms with E-state index in [0.717, 1.165) is 80.9 Å². The summed E-state index contributed by atoms with van der Waals surface area (Å²) in [5.74, 6) is 0.684. The third-order valence-electron chi connectivity index (χ3n) is 7.53. The van der Waals surface area contributed by atoms with Crippen LogP contribution in [0.4, 0.5) is 0 Å². The Morgan fingerprint density at radius 1 is 0.914 bits per heavy atom. The van der Waals surface area contributed by atoms with Gasteiger partial charge in [0.15, 0.2) is 0 Å². The summed E-state index contributed by atoms with van der Waals surface area (Å²) in [6.45, 7) is 1.44. The second kappa shape index (κ2) is 10.5. The van der Waals surface area contributed by atoms with Crippen LogP contribution in [0.2, 0.25) is 0 Å². The number of nitrogens with one attached hydrogen (secondary N) is 1. The highest BCUT2D eigenvalue weighted by Gasteiger charge is 2.36. The van der Waals surface area contributed by atoms with E-state index in [-0.39, 0.29) is 24.0 Å². The third kappa shape index (κ3) is 4.93. The van der Waals surface area contributed by atoms with Crippen LogP contribution in [0.1, 0.15) is 72.1 Å². The van der Waals surface area contributed by atoms with E-state index in [0.29, 0.717) is 11.3 Å². The zero-order chi connectivity index (χ0) is 24.2. The molecule has 5 rings (SSSR count). The number of benzene rings is 2. The minimum absolute atomic E-state index is 0.00336.